The molecule has 16 aromatic rings. The summed E-state index contributed by atoms with van der Waals surface area (Å²) in [5, 5.41) is 7.90. The van der Waals surface area contributed by atoms with Gasteiger partial charge in [0, 0.05) is 22.3 Å². The zero-order valence-corrected chi connectivity index (χ0v) is 59.3. The summed E-state index contributed by atoms with van der Waals surface area (Å²) in [5.41, 5.74) is 14.5. The van der Waals surface area contributed by atoms with E-state index in [0.29, 0.717) is 34.9 Å². The van der Waals surface area contributed by atoms with E-state index in [9.17, 15) is 0 Å². The van der Waals surface area contributed by atoms with Crippen LogP contribution in [0, 0.1) is 93.4 Å². The summed E-state index contributed by atoms with van der Waals surface area (Å²) in [6, 6.07) is 125. The zero-order valence-electron chi connectivity index (χ0n) is 50.9. The molecular weight excluding hydrogens is 1580 g/mol. The Balaban J connectivity index is 0.000000126. The molecule has 93 heavy (non-hydrogen) atoms. The van der Waals surface area contributed by atoms with Gasteiger partial charge in [-0.3, -0.25) is 0 Å². The van der Waals surface area contributed by atoms with Crippen molar-refractivity contribution in [1.82, 2.24) is 29.9 Å². The van der Waals surface area contributed by atoms with Gasteiger partial charge in [0.1, 0.15) is 11.6 Å². The Morgan fingerprint density at radius 2 is 0.387 bits per heavy atom. The standard InChI is InChI=1S/C24H15.2C21H14N3.C19H15.2U/c1-2-8-17(9-3-1)18-14-15-23-21-12-5-4-10-19(21)20-11-6-7-13-22(20)24(23)16-18;2*1-4-10-16(11-5-1)19-22-20(17-12-6-2-7-13-17)24-21(23-19)18-14-8-3-9-15-18;1-15-7-9-17(10-8-15)19-13-11-18(12-14-19)16-5-3-2-4-6-16;;/h2-16H;2*1-2,4-15H;3-14H,1H3;;/q4*-1;2*+2. The number of aryl methyl sites for hydroxylation is 1. The summed E-state index contributed by atoms with van der Waals surface area (Å²) in [7, 11) is 0. The molecule has 0 fully saturated rings. The van der Waals surface area contributed by atoms with Gasteiger partial charge >= 0.3 is 62.2 Å². The molecule has 0 saturated heterocycles. The molecular formula is C85H58N6U2. The van der Waals surface area contributed by atoms with Crippen LogP contribution in [0.2, 0.25) is 0 Å². The Hall–Kier alpha value is -10.0. The van der Waals surface area contributed by atoms with Gasteiger partial charge in [-0.1, -0.05) is 247 Å². The maximum atomic E-state index is 4.67. The van der Waals surface area contributed by atoms with Crippen LogP contribution >= 0.6 is 0 Å². The molecule has 0 aliphatic heterocycles. The van der Waals surface area contributed by atoms with Crippen molar-refractivity contribution in [3.05, 3.63) is 363 Å². The topological polar surface area (TPSA) is 77.3 Å². The van der Waals surface area contributed by atoms with Crippen molar-refractivity contribution in [1.29, 1.82) is 0 Å². The Morgan fingerprint density at radius 1 is 0.183 bits per heavy atom. The molecule has 0 amide bonds. The van der Waals surface area contributed by atoms with Crippen molar-refractivity contribution in [3.8, 4) is 102 Å². The maximum Gasteiger partial charge on any atom is 2.00 e. The van der Waals surface area contributed by atoms with Crippen LogP contribution in [0.3, 0.4) is 0 Å². The summed E-state index contributed by atoms with van der Waals surface area (Å²) in [5.74, 6) is 4.02. The Bertz CT molecular complexity index is 4520. The fourth-order valence-corrected chi connectivity index (χ4v) is 10.8. The Morgan fingerprint density at radius 3 is 0.688 bits per heavy atom. The smallest absolute Gasteiger partial charge is 0.210 e. The summed E-state index contributed by atoms with van der Waals surface area (Å²) < 4.78 is 0. The predicted molar refractivity (Wildman–Crippen MR) is 374 cm³/mol. The van der Waals surface area contributed by atoms with E-state index in [1.807, 2.05) is 194 Å². The van der Waals surface area contributed by atoms with Gasteiger partial charge in [-0.05, 0) is 67.6 Å². The van der Waals surface area contributed by atoms with Crippen LogP contribution < -0.4 is 0 Å². The minimum atomic E-state index is 0. The molecule has 0 aliphatic rings. The molecule has 8 heteroatoms. The van der Waals surface area contributed by atoms with Gasteiger partial charge in [-0.15, -0.1) is 11.1 Å². The van der Waals surface area contributed by atoms with Gasteiger partial charge in [0.05, 0.1) is 0 Å². The first-order valence-corrected chi connectivity index (χ1v) is 30.1. The molecule has 436 valence electrons. The second kappa shape index (κ2) is 31.8. The van der Waals surface area contributed by atoms with E-state index in [-0.39, 0.29) is 62.2 Å². The molecule has 2 heterocycles. The van der Waals surface area contributed by atoms with E-state index in [1.54, 1.807) is 0 Å². The van der Waals surface area contributed by atoms with Crippen molar-refractivity contribution >= 4 is 32.3 Å². The van der Waals surface area contributed by atoms with Crippen LogP contribution in [0.5, 0.6) is 0 Å². The zero-order chi connectivity index (χ0) is 61.4. The molecule has 0 spiro atoms. The third kappa shape index (κ3) is 16.0. The molecule has 0 unspecified atom stereocenters. The molecule has 0 saturated carbocycles. The number of rotatable bonds is 9. The second-order valence-corrected chi connectivity index (χ2v) is 21.5. The van der Waals surface area contributed by atoms with E-state index < -0.39 is 0 Å². The van der Waals surface area contributed by atoms with Crippen molar-refractivity contribution < 1.29 is 62.2 Å². The fourth-order valence-electron chi connectivity index (χ4n) is 10.8. The molecule has 0 N–H and O–H groups in total. The SMILES string of the molecule is Cc1ccc(-c2ccc(-c3cc[c-]cc3)cc2)cc1.[U+2].[U+2].[c-]1ccc(-c2ccc3c4ccccc4c4ccccc4c3c2)cc1.[c-]1ccc(-c2nc(-c3ccccc3)nc(-c3ccccc3)n2)cc1.[c-]1ccc(-c2nc(-c3ccccc3)nc(-c3ccccc3)n2)cc1. The fraction of sp³-hybridized carbons (Fsp3) is 0.0118. The van der Waals surface area contributed by atoms with Gasteiger partial charge < -0.3 is 0 Å². The molecule has 14 aromatic carbocycles. The summed E-state index contributed by atoms with van der Waals surface area (Å²) >= 11 is 0. The minimum absolute atomic E-state index is 0. The minimum Gasteiger partial charge on any atom is -0.210 e. The van der Waals surface area contributed by atoms with Crippen molar-refractivity contribution in [2.45, 2.75) is 6.92 Å². The molecule has 0 atom stereocenters. The van der Waals surface area contributed by atoms with Crippen molar-refractivity contribution in [2.24, 2.45) is 0 Å². The number of fused-ring (bicyclic) bond motifs is 6. The first kappa shape index (κ1) is 64.5. The van der Waals surface area contributed by atoms with Crippen molar-refractivity contribution in [2.75, 3.05) is 0 Å². The average molecular weight is 1640 g/mol. The summed E-state index contributed by atoms with van der Waals surface area (Å²) in [4.78, 5) is 28.0. The third-order valence-electron chi connectivity index (χ3n) is 15.5. The van der Waals surface area contributed by atoms with E-state index in [4.69, 9.17) is 0 Å². The van der Waals surface area contributed by atoms with Crippen LogP contribution in [0.1, 0.15) is 5.56 Å². The first-order chi connectivity index (χ1) is 45.0. The predicted octanol–water partition coefficient (Wildman–Crippen LogP) is 21.1. The van der Waals surface area contributed by atoms with E-state index >= 15 is 0 Å². The van der Waals surface area contributed by atoms with Gasteiger partial charge in [0.2, 0.25) is 0 Å². The Labute approximate surface area is 591 Å². The first-order valence-electron chi connectivity index (χ1n) is 30.1. The molecule has 6 nitrogen and oxygen atoms in total. The molecule has 0 radical (unpaired) electrons. The van der Waals surface area contributed by atoms with Gasteiger partial charge in [0.15, 0.2) is 23.3 Å². The number of hydrogen-bond donors (Lipinski definition) is 0. The molecule has 0 bridgehead atoms. The van der Waals surface area contributed by atoms with Gasteiger partial charge in [-0.2, -0.15) is 121 Å². The quantitative estimate of drug-likeness (QED) is 0.106. The van der Waals surface area contributed by atoms with Gasteiger partial charge in [0.25, 0.3) is 0 Å². The number of aromatic nitrogens is 6. The van der Waals surface area contributed by atoms with Crippen molar-refractivity contribution in [3.63, 3.8) is 0 Å². The summed E-state index contributed by atoms with van der Waals surface area (Å²) in [6.45, 7) is 2.11. The average Bonchev–Trinajstić information content (AvgIpc) is 0.786. The largest absolute Gasteiger partial charge is 2.00 e. The second-order valence-electron chi connectivity index (χ2n) is 21.5. The molecule has 2 aromatic heterocycles. The molecule has 16 rings (SSSR count). The van der Waals surface area contributed by atoms with E-state index in [2.05, 4.69) is 201 Å². The van der Waals surface area contributed by atoms with Gasteiger partial charge in [-0.25, -0.2) is 29.9 Å². The van der Waals surface area contributed by atoms with Crippen LogP contribution in [0.25, 0.3) is 134 Å². The van der Waals surface area contributed by atoms with E-state index in [1.165, 1.54) is 71.3 Å². The third-order valence-corrected chi connectivity index (χ3v) is 15.5. The molecule has 0 aliphatic carbocycles. The van der Waals surface area contributed by atoms with Crippen LogP contribution in [0.15, 0.2) is 334 Å². The maximum absolute atomic E-state index is 4.67. The normalized spacial score (nSPS) is 10.5. The van der Waals surface area contributed by atoms with Crippen LogP contribution in [0.4, 0.5) is 0 Å². The van der Waals surface area contributed by atoms with Crippen LogP contribution in [-0.2, 0) is 0 Å². The van der Waals surface area contributed by atoms with Crippen LogP contribution in [-0.4, -0.2) is 29.9 Å². The number of hydrogen-bond acceptors (Lipinski definition) is 6. The Kier molecular flexibility index (Phi) is 22.1. The number of benzene rings is 14. The number of nitrogens with zero attached hydrogens (tertiary/aromatic N) is 6. The summed E-state index contributed by atoms with van der Waals surface area (Å²) in [6.07, 6.45) is 0. The van der Waals surface area contributed by atoms with E-state index in [0.717, 1.165) is 33.4 Å². The monoisotopic (exact) mass is 1640 g/mol.